The summed E-state index contributed by atoms with van der Waals surface area (Å²) in [5, 5.41) is 2.78. The molecule has 2 N–H and O–H groups in total. The van der Waals surface area contributed by atoms with Crippen LogP contribution in [0.2, 0.25) is 5.02 Å². The molecule has 0 radical (unpaired) electrons. The lowest BCUT2D eigenvalue weighted by molar-refractivity contribution is 0.101. The number of fused-ring (bicyclic) bond motifs is 1. The lowest BCUT2D eigenvalue weighted by Crippen LogP contribution is -2.16. The maximum Gasteiger partial charge on any atom is 0.261 e. The van der Waals surface area contributed by atoms with E-state index in [9.17, 15) is 13.6 Å². The minimum Gasteiger partial charge on any atom is -0.346 e. The minimum atomic E-state index is -1.09. The summed E-state index contributed by atoms with van der Waals surface area (Å²) < 4.78 is 27.5. The number of nitrogens with zero attached hydrogens (tertiary/aromatic N) is 1. The summed E-state index contributed by atoms with van der Waals surface area (Å²) in [6, 6.07) is 5.23. The van der Waals surface area contributed by atoms with Crippen molar-refractivity contribution in [1.82, 2.24) is 9.97 Å². The highest BCUT2D eigenvalue weighted by atomic mass is 35.5. The molecule has 0 unspecified atom stereocenters. The van der Waals surface area contributed by atoms with Gasteiger partial charge in [0, 0.05) is 17.8 Å². The number of pyridine rings is 1. The number of anilines is 1. The highest BCUT2D eigenvalue weighted by Crippen LogP contribution is 2.24. The molecular formula is C14H8ClF2N3O. The summed E-state index contributed by atoms with van der Waals surface area (Å²) in [5.41, 5.74) is 0.230. The fraction of sp³-hybridized carbons (Fsp3) is 0. The summed E-state index contributed by atoms with van der Waals surface area (Å²) in [5.74, 6) is -2.98. The SMILES string of the molecule is O=C(Nc1ccnc2[nH]ccc12)c1c(F)ccc(Cl)c1F. The van der Waals surface area contributed by atoms with E-state index in [4.69, 9.17) is 11.6 Å². The lowest BCUT2D eigenvalue weighted by Gasteiger charge is -2.08. The van der Waals surface area contributed by atoms with E-state index < -0.39 is 23.1 Å². The summed E-state index contributed by atoms with van der Waals surface area (Å²) >= 11 is 5.57. The molecule has 0 aliphatic heterocycles. The monoisotopic (exact) mass is 307 g/mol. The van der Waals surface area contributed by atoms with Gasteiger partial charge in [-0.25, -0.2) is 13.8 Å². The first-order valence-electron chi connectivity index (χ1n) is 5.95. The Morgan fingerprint density at radius 2 is 2.05 bits per heavy atom. The number of hydrogen-bond acceptors (Lipinski definition) is 2. The average Bonchev–Trinajstić information content (AvgIpc) is 2.93. The van der Waals surface area contributed by atoms with E-state index >= 15 is 0 Å². The number of H-pyrrole nitrogens is 1. The number of benzene rings is 1. The van der Waals surface area contributed by atoms with Crippen molar-refractivity contribution in [3.8, 4) is 0 Å². The zero-order valence-electron chi connectivity index (χ0n) is 10.5. The van der Waals surface area contributed by atoms with Crippen LogP contribution in [0.25, 0.3) is 11.0 Å². The van der Waals surface area contributed by atoms with E-state index in [1.165, 1.54) is 12.3 Å². The number of carbonyl (C=O) groups is 1. The van der Waals surface area contributed by atoms with E-state index in [1.807, 2.05) is 0 Å². The first-order chi connectivity index (χ1) is 10.1. The molecule has 2 heterocycles. The number of rotatable bonds is 2. The number of aromatic amines is 1. The minimum absolute atomic E-state index is 0.317. The normalized spacial score (nSPS) is 10.8. The van der Waals surface area contributed by atoms with Crippen molar-refractivity contribution >= 4 is 34.2 Å². The van der Waals surface area contributed by atoms with Gasteiger partial charge >= 0.3 is 0 Å². The number of aromatic nitrogens is 2. The van der Waals surface area contributed by atoms with Crippen molar-refractivity contribution in [2.24, 2.45) is 0 Å². The second-order valence-electron chi connectivity index (χ2n) is 4.27. The smallest absolute Gasteiger partial charge is 0.261 e. The molecule has 106 valence electrons. The molecule has 3 rings (SSSR count). The van der Waals surface area contributed by atoms with Crippen LogP contribution in [0.1, 0.15) is 10.4 Å². The van der Waals surface area contributed by atoms with Gasteiger partial charge in [0.1, 0.15) is 17.0 Å². The molecule has 3 aromatic rings. The molecule has 4 nitrogen and oxygen atoms in total. The molecule has 0 aliphatic rings. The van der Waals surface area contributed by atoms with E-state index in [0.717, 1.165) is 12.1 Å². The molecule has 0 atom stereocenters. The van der Waals surface area contributed by atoms with Crippen LogP contribution in [0, 0.1) is 11.6 Å². The van der Waals surface area contributed by atoms with Gasteiger partial charge in [0.2, 0.25) is 0 Å². The Bertz CT molecular complexity index is 847. The second-order valence-corrected chi connectivity index (χ2v) is 4.68. The zero-order chi connectivity index (χ0) is 15.0. The van der Waals surface area contributed by atoms with Crippen LogP contribution in [0.5, 0.6) is 0 Å². The summed E-state index contributed by atoms with van der Waals surface area (Å²) in [7, 11) is 0. The number of hydrogen-bond donors (Lipinski definition) is 2. The first kappa shape index (κ1) is 13.5. The average molecular weight is 308 g/mol. The van der Waals surface area contributed by atoms with Gasteiger partial charge < -0.3 is 10.3 Å². The van der Waals surface area contributed by atoms with E-state index in [2.05, 4.69) is 15.3 Å². The molecule has 0 fully saturated rings. The molecule has 0 aliphatic carbocycles. The number of nitrogens with one attached hydrogen (secondary N) is 2. The Morgan fingerprint density at radius 1 is 1.24 bits per heavy atom. The van der Waals surface area contributed by atoms with Crippen molar-refractivity contribution < 1.29 is 13.6 Å². The van der Waals surface area contributed by atoms with Gasteiger partial charge in [0.15, 0.2) is 5.82 Å². The molecule has 0 bridgehead atoms. The maximum absolute atomic E-state index is 13.8. The van der Waals surface area contributed by atoms with Crippen LogP contribution < -0.4 is 5.32 Å². The van der Waals surface area contributed by atoms with Gasteiger partial charge in [0.05, 0.1) is 10.7 Å². The largest absolute Gasteiger partial charge is 0.346 e. The number of amides is 1. The molecule has 0 saturated carbocycles. The molecule has 2 aromatic heterocycles. The third-order valence-corrected chi connectivity index (χ3v) is 3.27. The van der Waals surface area contributed by atoms with Crippen LogP contribution in [0.15, 0.2) is 36.7 Å². The van der Waals surface area contributed by atoms with Gasteiger partial charge in [-0.1, -0.05) is 11.6 Å². The molecule has 0 spiro atoms. The van der Waals surface area contributed by atoms with Crippen LogP contribution in [0.3, 0.4) is 0 Å². The topological polar surface area (TPSA) is 57.8 Å². The van der Waals surface area contributed by atoms with Crippen LogP contribution in [-0.2, 0) is 0 Å². The quantitative estimate of drug-likeness (QED) is 0.708. The first-order valence-corrected chi connectivity index (χ1v) is 6.32. The van der Waals surface area contributed by atoms with Crippen LogP contribution in [-0.4, -0.2) is 15.9 Å². The summed E-state index contributed by atoms with van der Waals surface area (Å²) in [6.07, 6.45) is 3.12. The standard InChI is InChI=1S/C14H8ClF2N3O/c15-8-1-2-9(16)11(12(8)17)14(21)20-10-4-6-19-13-7(10)3-5-18-13/h1-6H,(H2,18,19,20,21). The Hall–Kier alpha value is -2.47. The zero-order valence-corrected chi connectivity index (χ0v) is 11.2. The van der Waals surface area contributed by atoms with Crippen molar-refractivity contribution in [1.29, 1.82) is 0 Å². The van der Waals surface area contributed by atoms with Crippen molar-refractivity contribution in [3.63, 3.8) is 0 Å². The van der Waals surface area contributed by atoms with E-state index in [-0.39, 0.29) is 5.02 Å². The Labute approximate surface area is 122 Å². The third kappa shape index (κ3) is 2.34. The molecule has 21 heavy (non-hydrogen) atoms. The van der Waals surface area contributed by atoms with Gasteiger partial charge in [0.25, 0.3) is 5.91 Å². The predicted molar refractivity (Wildman–Crippen MR) is 75.4 cm³/mol. The molecule has 1 aromatic carbocycles. The van der Waals surface area contributed by atoms with Crippen molar-refractivity contribution in [2.45, 2.75) is 0 Å². The fourth-order valence-electron chi connectivity index (χ4n) is 1.99. The van der Waals surface area contributed by atoms with Gasteiger partial charge in [-0.3, -0.25) is 4.79 Å². The third-order valence-electron chi connectivity index (χ3n) is 2.98. The van der Waals surface area contributed by atoms with E-state index in [0.29, 0.717) is 16.7 Å². The highest BCUT2D eigenvalue weighted by molar-refractivity contribution is 6.31. The van der Waals surface area contributed by atoms with Gasteiger partial charge in [-0.2, -0.15) is 0 Å². The van der Waals surface area contributed by atoms with Crippen LogP contribution in [0.4, 0.5) is 14.5 Å². The maximum atomic E-state index is 13.8. The molecule has 0 saturated heterocycles. The lowest BCUT2D eigenvalue weighted by atomic mass is 10.1. The number of carbonyl (C=O) groups excluding carboxylic acids is 1. The van der Waals surface area contributed by atoms with E-state index in [1.54, 1.807) is 12.3 Å². The van der Waals surface area contributed by atoms with Crippen molar-refractivity contribution in [3.05, 3.63) is 58.9 Å². The Balaban J connectivity index is 2.01. The van der Waals surface area contributed by atoms with Gasteiger partial charge in [-0.15, -0.1) is 0 Å². The Morgan fingerprint density at radius 3 is 2.86 bits per heavy atom. The summed E-state index contributed by atoms with van der Waals surface area (Å²) in [4.78, 5) is 19.0. The summed E-state index contributed by atoms with van der Waals surface area (Å²) in [6.45, 7) is 0. The molecular weight excluding hydrogens is 300 g/mol. The fourth-order valence-corrected chi connectivity index (χ4v) is 2.15. The van der Waals surface area contributed by atoms with Gasteiger partial charge in [-0.05, 0) is 24.3 Å². The highest BCUT2D eigenvalue weighted by Gasteiger charge is 2.20. The number of halogens is 3. The predicted octanol–water partition coefficient (Wildman–Crippen LogP) is 3.75. The molecule has 1 amide bonds. The Kier molecular flexibility index (Phi) is 3.31. The second kappa shape index (κ2) is 5.14. The van der Waals surface area contributed by atoms with Crippen molar-refractivity contribution in [2.75, 3.05) is 5.32 Å². The van der Waals surface area contributed by atoms with Crippen LogP contribution >= 0.6 is 11.6 Å². The molecule has 7 heteroatoms.